The van der Waals surface area contributed by atoms with Gasteiger partial charge in [0.05, 0.1) is 17.1 Å². The summed E-state index contributed by atoms with van der Waals surface area (Å²) in [6, 6.07) is 12.8. The minimum atomic E-state index is -0.443. The van der Waals surface area contributed by atoms with E-state index in [2.05, 4.69) is 22.6 Å². The first-order valence-electron chi connectivity index (χ1n) is 11.0. The van der Waals surface area contributed by atoms with Crippen molar-refractivity contribution < 1.29 is 19.1 Å². The third-order valence-corrected chi connectivity index (χ3v) is 7.90. The number of carbonyl (C=O) groups is 2. The maximum absolute atomic E-state index is 13.1. The summed E-state index contributed by atoms with van der Waals surface area (Å²) < 4.78 is 12.8. The lowest BCUT2D eigenvalue weighted by atomic mass is 9.94. The Labute approximate surface area is 217 Å². The Balaban J connectivity index is 1.55. The van der Waals surface area contributed by atoms with E-state index >= 15 is 0 Å². The van der Waals surface area contributed by atoms with Crippen molar-refractivity contribution in [1.82, 2.24) is 4.90 Å². The molecule has 0 bridgehead atoms. The number of ether oxygens (including phenoxy) is 2. The fraction of sp³-hybridized carbons (Fsp3) is 0.320. The third-order valence-electron chi connectivity index (χ3n) is 5.63. The number of halogens is 1. The van der Waals surface area contributed by atoms with E-state index in [1.807, 2.05) is 31.2 Å². The molecule has 0 N–H and O–H groups in total. The topological polar surface area (TPSA) is 55.8 Å². The first kappa shape index (κ1) is 24.2. The Morgan fingerprint density at radius 3 is 2.67 bits per heavy atom. The minimum absolute atomic E-state index is 0.0241. The molecule has 2 aromatic carbocycles. The number of rotatable bonds is 6. The van der Waals surface area contributed by atoms with Crippen LogP contribution in [0.25, 0.3) is 6.08 Å². The second kappa shape index (κ2) is 11.0. The van der Waals surface area contributed by atoms with Gasteiger partial charge < -0.3 is 9.47 Å². The van der Waals surface area contributed by atoms with Crippen molar-refractivity contribution in [2.24, 2.45) is 0 Å². The molecule has 4 rings (SSSR count). The van der Waals surface area contributed by atoms with Crippen molar-refractivity contribution in [2.45, 2.75) is 45.1 Å². The highest BCUT2D eigenvalue weighted by Crippen LogP contribution is 2.38. The first-order chi connectivity index (χ1) is 16.0. The largest absolute Gasteiger partial charge is 0.490 e. The molecule has 2 aromatic rings. The summed E-state index contributed by atoms with van der Waals surface area (Å²) in [5.74, 6) is 0.327. The predicted octanol–water partition coefficient (Wildman–Crippen LogP) is 6.44. The van der Waals surface area contributed by atoms with Gasteiger partial charge in [0.15, 0.2) is 11.5 Å². The zero-order valence-corrected chi connectivity index (χ0v) is 22.0. The second-order valence-corrected chi connectivity index (χ2v) is 10.7. The number of carbonyl (C=O) groups excluding carboxylic acids is 2. The van der Waals surface area contributed by atoms with E-state index in [9.17, 15) is 9.59 Å². The van der Waals surface area contributed by atoms with Crippen LogP contribution in [0.5, 0.6) is 11.5 Å². The summed E-state index contributed by atoms with van der Waals surface area (Å²) in [7, 11) is 0. The van der Waals surface area contributed by atoms with Gasteiger partial charge in [-0.2, -0.15) is 0 Å². The molecule has 0 radical (unpaired) electrons. The molecule has 8 heteroatoms. The zero-order chi connectivity index (χ0) is 23.4. The molecule has 5 nitrogen and oxygen atoms in total. The van der Waals surface area contributed by atoms with Gasteiger partial charge in [-0.15, -0.1) is 0 Å². The van der Waals surface area contributed by atoms with Gasteiger partial charge in [0, 0.05) is 9.61 Å². The van der Waals surface area contributed by atoms with Crippen molar-refractivity contribution in [3.05, 3.63) is 62.1 Å². The Bertz CT molecular complexity index is 1110. The monoisotopic (exact) mass is 593 g/mol. The van der Waals surface area contributed by atoms with Gasteiger partial charge in [0.2, 0.25) is 0 Å². The van der Waals surface area contributed by atoms with Gasteiger partial charge in [0.25, 0.3) is 5.91 Å². The molecule has 1 aliphatic heterocycles. The van der Waals surface area contributed by atoms with Crippen LogP contribution in [-0.4, -0.2) is 33.7 Å². The molecule has 1 aliphatic carbocycles. The van der Waals surface area contributed by atoms with Crippen molar-refractivity contribution in [3.63, 3.8) is 0 Å². The third kappa shape index (κ3) is 5.60. The number of hydrogen-bond donors (Lipinski definition) is 0. The molecule has 33 heavy (non-hydrogen) atoms. The molecule has 1 saturated heterocycles. The van der Waals surface area contributed by atoms with Gasteiger partial charge in [-0.1, -0.05) is 61.4 Å². The van der Waals surface area contributed by atoms with Crippen LogP contribution in [0.4, 0.5) is 0 Å². The summed E-state index contributed by atoms with van der Waals surface area (Å²) >= 11 is 8.98. The molecule has 1 saturated carbocycles. The summed E-state index contributed by atoms with van der Waals surface area (Å²) in [5.41, 5.74) is 1.28. The van der Waals surface area contributed by atoms with Gasteiger partial charge >= 0.3 is 5.97 Å². The summed E-state index contributed by atoms with van der Waals surface area (Å²) in [6.07, 6.45) is 7.35. The summed E-state index contributed by atoms with van der Waals surface area (Å²) in [6.45, 7) is 2.29. The van der Waals surface area contributed by atoms with E-state index < -0.39 is 5.97 Å². The molecule has 0 atom stereocenters. The van der Waals surface area contributed by atoms with Crippen LogP contribution in [-0.2, 0) is 4.79 Å². The lowest BCUT2D eigenvalue weighted by molar-refractivity contribution is -0.124. The van der Waals surface area contributed by atoms with E-state index in [4.69, 9.17) is 21.7 Å². The van der Waals surface area contributed by atoms with E-state index in [1.54, 1.807) is 29.2 Å². The predicted molar refractivity (Wildman–Crippen MR) is 144 cm³/mol. The standard InChI is InChI=1S/C25H24INO4S2/c1-2-30-21-14-16(12-13-20(21)31-24(29)18-10-6-7-11-19(18)26)15-22-23(28)27(25(32)33-22)17-8-4-3-5-9-17/h6-7,10-15,17H,2-5,8-9H2,1H3/b22-15-. The van der Waals surface area contributed by atoms with Crippen molar-refractivity contribution in [3.8, 4) is 11.5 Å². The molecule has 0 spiro atoms. The molecule has 2 fully saturated rings. The van der Waals surface area contributed by atoms with Crippen molar-refractivity contribution in [2.75, 3.05) is 6.61 Å². The lowest BCUT2D eigenvalue weighted by Gasteiger charge is -2.29. The van der Waals surface area contributed by atoms with Crippen LogP contribution in [0.3, 0.4) is 0 Å². The van der Waals surface area contributed by atoms with Crippen LogP contribution >= 0.6 is 46.6 Å². The molecule has 2 aliphatic rings. The number of hydrogen-bond acceptors (Lipinski definition) is 6. The molecule has 0 aromatic heterocycles. The van der Waals surface area contributed by atoms with Gasteiger partial charge in [-0.05, 0) is 78.3 Å². The maximum Gasteiger partial charge on any atom is 0.344 e. The average molecular weight is 594 g/mol. The minimum Gasteiger partial charge on any atom is -0.490 e. The zero-order valence-electron chi connectivity index (χ0n) is 18.2. The Morgan fingerprint density at radius 2 is 1.94 bits per heavy atom. The smallest absolute Gasteiger partial charge is 0.344 e. The van der Waals surface area contributed by atoms with Crippen LogP contribution < -0.4 is 9.47 Å². The SMILES string of the molecule is CCOc1cc(/C=C2\SC(=S)N(C3CCCCC3)C2=O)ccc1OC(=O)c1ccccc1I. The fourth-order valence-electron chi connectivity index (χ4n) is 4.03. The molecule has 1 heterocycles. The highest BCUT2D eigenvalue weighted by atomic mass is 127. The molecule has 1 amide bonds. The van der Waals surface area contributed by atoms with E-state index in [-0.39, 0.29) is 11.9 Å². The quantitative estimate of drug-likeness (QED) is 0.126. The second-order valence-electron chi connectivity index (χ2n) is 7.85. The van der Waals surface area contributed by atoms with E-state index in [0.29, 0.717) is 32.9 Å². The normalized spacial score (nSPS) is 18.1. The molecule has 172 valence electrons. The lowest BCUT2D eigenvalue weighted by Crippen LogP contribution is -2.39. The van der Waals surface area contributed by atoms with Crippen molar-refractivity contribution in [1.29, 1.82) is 0 Å². The Kier molecular flexibility index (Phi) is 8.08. The van der Waals surface area contributed by atoms with Crippen LogP contribution in [0.2, 0.25) is 0 Å². The summed E-state index contributed by atoms with van der Waals surface area (Å²) in [4.78, 5) is 28.1. The van der Waals surface area contributed by atoms with Crippen molar-refractivity contribution >= 4 is 68.8 Å². The molecule has 0 unspecified atom stereocenters. The number of benzene rings is 2. The van der Waals surface area contributed by atoms with Gasteiger partial charge in [0.1, 0.15) is 4.32 Å². The number of amides is 1. The van der Waals surface area contributed by atoms with Crippen LogP contribution in [0.1, 0.15) is 54.9 Å². The highest BCUT2D eigenvalue weighted by molar-refractivity contribution is 14.1. The highest BCUT2D eigenvalue weighted by Gasteiger charge is 2.37. The number of esters is 1. The van der Waals surface area contributed by atoms with E-state index in [0.717, 1.165) is 34.8 Å². The van der Waals surface area contributed by atoms with E-state index in [1.165, 1.54) is 18.2 Å². The molecular weight excluding hydrogens is 569 g/mol. The molecular formula is C25H24INO4S2. The Hall–Kier alpha value is -1.91. The van der Waals surface area contributed by atoms with Gasteiger partial charge in [-0.25, -0.2) is 4.79 Å². The van der Waals surface area contributed by atoms with Gasteiger partial charge in [-0.3, -0.25) is 9.69 Å². The number of thiocarbonyl (C=S) groups is 1. The fourth-order valence-corrected chi connectivity index (χ4v) is 6.04. The maximum atomic E-state index is 13.1. The average Bonchev–Trinajstić information content (AvgIpc) is 3.09. The van der Waals surface area contributed by atoms with Crippen LogP contribution in [0, 0.1) is 3.57 Å². The Morgan fingerprint density at radius 1 is 1.18 bits per heavy atom. The number of thioether (sulfide) groups is 1. The first-order valence-corrected chi connectivity index (χ1v) is 13.3. The van der Waals surface area contributed by atoms with Crippen LogP contribution in [0.15, 0.2) is 47.4 Å². The summed E-state index contributed by atoms with van der Waals surface area (Å²) in [5, 5.41) is 0. The number of nitrogens with zero attached hydrogens (tertiary/aromatic N) is 1.